The minimum Gasteiger partial charge on any atom is -0.423 e. The van der Waals surface area contributed by atoms with E-state index >= 15 is 0 Å². The van der Waals surface area contributed by atoms with Gasteiger partial charge in [0.15, 0.2) is 5.01 Å². The molecule has 0 saturated heterocycles. The van der Waals surface area contributed by atoms with Crippen LogP contribution in [0.5, 0.6) is 0 Å². The quantitative estimate of drug-likeness (QED) is 0.549. The number of aryl methyl sites for hydroxylation is 2. The molecule has 4 nitrogen and oxygen atoms in total. The van der Waals surface area contributed by atoms with E-state index in [1.54, 1.807) is 17.4 Å². The summed E-state index contributed by atoms with van der Waals surface area (Å²) in [5.41, 5.74) is 4.78. The van der Waals surface area contributed by atoms with Crippen LogP contribution in [0.4, 0.5) is 0 Å². The highest BCUT2D eigenvalue weighted by molar-refractivity contribution is 7.18. The predicted octanol–water partition coefficient (Wildman–Crippen LogP) is 3.80. The van der Waals surface area contributed by atoms with Gasteiger partial charge in [0.2, 0.25) is 0 Å². The largest absolute Gasteiger partial charge is 0.423 e. The van der Waals surface area contributed by atoms with Crippen molar-refractivity contribution in [3.05, 3.63) is 74.6 Å². The number of para-hydroxylation sites is 1. The standard InChI is InChI=1S/C22H22N2O2S/c1-13-9-17-16(11-21(25)26-19(17)10-14(13)2)12-24(4)15(3)22-23-18-7-5-6-8-20(18)27-22/h5-11,15H,12H2,1-4H3/p+1/t15-/m1/s1. The van der Waals surface area contributed by atoms with Crippen LogP contribution in [0.2, 0.25) is 0 Å². The maximum atomic E-state index is 12.1. The van der Waals surface area contributed by atoms with E-state index in [4.69, 9.17) is 9.40 Å². The van der Waals surface area contributed by atoms with Gasteiger partial charge in [-0.1, -0.05) is 12.1 Å². The first-order chi connectivity index (χ1) is 12.9. The van der Waals surface area contributed by atoms with Crippen LogP contribution in [0, 0.1) is 13.8 Å². The van der Waals surface area contributed by atoms with Gasteiger partial charge in [0.1, 0.15) is 18.2 Å². The number of quaternary nitrogens is 1. The zero-order valence-corrected chi connectivity index (χ0v) is 16.8. The average molecular weight is 380 g/mol. The van der Waals surface area contributed by atoms with Gasteiger partial charge < -0.3 is 9.32 Å². The highest BCUT2D eigenvalue weighted by Gasteiger charge is 2.21. The molecule has 0 aliphatic heterocycles. The normalized spacial score (nSPS) is 13.9. The van der Waals surface area contributed by atoms with Crippen LogP contribution in [0.25, 0.3) is 21.2 Å². The summed E-state index contributed by atoms with van der Waals surface area (Å²) < 4.78 is 6.64. The van der Waals surface area contributed by atoms with Crippen molar-refractivity contribution in [2.24, 2.45) is 0 Å². The first-order valence-corrected chi connectivity index (χ1v) is 9.96. The first kappa shape index (κ1) is 17.9. The average Bonchev–Trinajstić information content (AvgIpc) is 3.06. The van der Waals surface area contributed by atoms with E-state index in [-0.39, 0.29) is 11.7 Å². The Morgan fingerprint density at radius 1 is 1.15 bits per heavy atom. The zero-order valence-electron chi connectivity index (χ0n) is 16.0. The van der Waals surface area contributed by atoms with Crippen molar-refractivity contribution in [3.63, 3.8) is 0 Å². The Kier molecular flexibility index (Phi) is 4.58. The van der Waals surface area contributed by atoms with E-state index < -0.39 is 0 Å². The molecule has 2 heterocycles. The minimum absolute atomic E-state index is 0.233. The molecule has 2 aromatic heterocycles. The van der Waals surface area contributed by atoms with Crippen molar-refractivity contribution < 1.29 is 9.32 Å². The molecule has 2 atom stereocenters. The minimum atomic E-state index is -0.291. The van der Waals surface area contributed by atoms with Crippen LogP contribution in [0.3, 0.4) is 0 Å². The number of nitrogens with zero attached hydrogens (tertiary/aromatic N) is 1. The Hall–Kier alpha value is -2.50. The number of aromatic nitrogens is 1. The van der Waals surface area contributed by atoms with E-state index in [1.807, 2.05) is 25.1 Å². The summed E-state index contributed by atoms with van der Waals surface area (Å²) in [7, 11) is 2.15. The van der Waals surface area contributed by atoms with Crippen LogP contribution in [0.15, 0.2) is 51.7 Å². The van der Waals surface area contributed by atoms with Gasteiger partial charge in [0.05, 0.1) is 17.3 Å². The van der Waals surface area contributed by atoms with Crippen LogP contribution in [-0.4, -0.2) is 12.0 Å². The molecule has 0 amide bonds. The third kappa shape index (κ3) is 3.40. The molecular formula is C22H23N2O2S+. The van der Waals surface area contributed by atoms with Crippen molar-refractivity contribution in [3.8, 4) is 0 Å². The molecule has 0 radical (unpaired) electrons. The second-order valence-corrected chi connectivity index (χ2v) is 8.35. The van der Waals surface area contributed by atoms with Crippen molar-refractivity contribution >= 4 is 32.5 Å². The fourth-order valence-corrected chi connectivity index (χ4v) is 4.48. The third-order valence-electron chi connectivity index (χ3n) is 5.33. The van der Waals surface area contributed by atoms with Crippen molar-refractivity contribution in [2.45, 2.75) is 33.4 Å². The van der Waals surface area contributed by atoms with Gasteiger partial charge in [-0.15, -0.1) is 11.3 Å². The van der Waals surface area contributed by atoms with Gasteiger partial charge in [-0.2, -0.15) is 0 Å². The number of fused-ring (bicyclic) bond motifs is 2. The zero-order chi connectivity index (χ0) is 19.1. The summed E-state index contributed by atoms with van der Waals surface area (Å²) >= 11 is 1.74. The summed E-state index contributed by atoms with van der Waals surface area (Å²) in [5, 5.41) is 2.14. The lowest BCUT2D eigenvalue weighted by atomic mass is 10.0. The maximum Gasteiger partial charge on any atom is 0.336 e. The smallest absolute Gasteiger partial charge is 0.336 e. The summed E-state index contributed by atoms with van der Waals surface area (Å²) in [6.07, 6.45) is 0. The molecule has 5 heteroatoms. The van der Waals surface area contributed by atoms with Gasteiger partial charge in [0.25, 0.3) is 0 Å². The monoisotopic (exact) mass is 379 g/mol. The molecular weight excluding hydrogens is 356 g/mol. The lowest BCUT2D eigenvalue weighted by Crippen LogP contribution is -3.07. The predicted molar refractivity (Wildman–Crippen MR) is 111 cm³/mol. The Labute approximate surface area is 162 Å². The Morgan fingerprint density at radius 3 is 2.67 bits per heavy atom. The molecule has 2 aromatic carbocycles. The van der Waals surface area contributed by atoms with E-state index in [2.05, 4.69) is 39.1 Å². The second-order valence-electron chi connectivity index (χ2n) is 7.29. The Bertz CT molecular complexity index is 1160. The third-order valence-corrected chi connectivity index (χ3v) is 6.55. The molecule has 1 unspecified atom stereocenters. The summed E-state index contributed by atoms with van der Waals surface area (Å²) in [6, 6.07) is 14.2. The molecule has 27 heavy (non-hydrogen) atoms. The lowest BCUT2D eigenvalue weighted by molar-refractivity contribution is -0.923. The van der Waals surface area contributed by atoms with Crippen LogP contribution < -0.4 is 10.5 Å². The van der Waals surface area contributed by atoms with E-state index in [0.29, 0.717) is 5.58 Å². The van der Waals surface area contributed by atoms with Gasteiger partial charge in [-0.05, 0) is 56.2 Å². The molecule has 0 aliphatic rings. The number of hydrogen-bond acceptors (Lipinski definition) is 4. The number of nitrogens with one attached hydrogen (secondary N) is 1. The van der Waals surface area contributed by atoms with E-state index in [1.165, 1.54) is 15.2 Å². The highest BCUT2D eigenvalue weighted by atomic mass is 32.1. The van der Waals surface area contributed by atoms with Crippen LogP contribution in [0.1, 0.15) is 34.7 Å². The molecule has 4 aromatic rings. The molecule has 0 aliphatic carbocycles. The molecule has 1 N–H and O–H groups in total. The van der Waals surface area contributed by atoms with Gasteiger partial charge in [-0.25, -0.2) is 9.78 Å². The molecule has 0 bridgehead atoms. The first-order valence-electron chi connectivity index (χ1n) is 9.14. The number of hydrogen-bond donors (Lipinski definition) is 1. The number of benzene rings is 2. The second kappa shape index (κ2) is 6.91. The summed E-state index contributed by atoms with van der Waals surface area (Å²) in [6.45, 7) is 7.05. The molecule has 138 valence electrons. The maximum absolute atomic E-state index is 12.1. The SMILES string of the molecule is Cc1cc2oc(=O)cc(C[NH+](C)[C@H](C)c3nc4ccccc4s3)c2cc1C. The topological polar surface area (TPSA) is 47.5 Å². The Morgan fingerprint density at radius 2 is 1.89 bits per heavy atom. The van der Waals surface area contributed by atoms with Crippen molar-refractivity contribution in [2.75, 3.05) is 7.05 Å². The van der Waals surface area contributed by atoms with Crippen LogP contribution in [-0.2, 0) is 6.54 Å². The van der Waals surface area contributed by atoms with Crippen LogP contribution >= 0.6 is 11.3 Å². The van der Waals surface area contributed by atoms with E-state index in [9.17, 15) is 4.79 Å². The number of thiazole rings is 1. The molecule has 0 saturated carbocycles. The lowest BCUT2D eigenvalue weighted by Gasteiger charge is -2.20. The van der Waals surface area contributed by atoms with Gasteiger partial charge >= 0.3 is 5.63 Å². The van der Waals surface area contributed by atoms with E-state index in [0.717, 1.165) is 33.6 Å². The Balaban J connectivity index is 1.68. The molecule has 0 fully saturated rings. The molecule has 4 rings (SSSR count). The van der Waals surface area contributed by atoms with Crippen molar-refractivity contribution in [1.82, 2.24) is 4.98 Å². The van der Waals surface area contributed by atoms with Gasteiger partial charge in [-0.3, -0.25) is 0 Å². The molecule has 0 spiro atoms. The summed E-state index contributed by atoms with van der Waals surface area (Å²) in [5.74, 6) is 0. The highest BCUT2D eigenvalue weighted by Crippen LogP contribution is 2.25. The number of rotatable bonds is 4. The summed E-state index contributed by atoms with van der Waals surface area (Å²) in [4.78, 5) is 18.1. The fraction of sp³-hybridized carbons (Fsp3) is 0.273. The van der Waals surface area contributed by atoms with Gasteiger partial charge in [0, 0.05) is 17.0 Å². The van der Waals surface area contributed by atoms with Crippen molar-refractivity contribution in [1.29, 1.82) is 0 Å². The fourth-order valence-electron chi connectivity index (χ4n) is 3.37.